The molecule has 0 aliphatic carbocycles. The number of aromatic nitrogens is 1. The van der Waals surface area contributed by atoms with Crippen molar-refractivity contribution in [3.8, 4) is 0 Å². The third-order valence-corrected chi connectivity index (χ3v) is 6.10. The Hall–Kier alpha value is -2.66. The number of fused-ring (bicyclic) bond motifs is 6. The van der Waals surface area contributed by atoms with Crippen LogP contribution in [-0.4, -0.2) is 24.0 Å². The van der Waals surface area contributed by atoms with E-state index in [9.17, 15) is 9.18 Å². The van der Waals surface area contributed by atoms with Crippen molar-refractivity contribution >= 4 is 22.5 Å². The first-order chi connectivity index (χ1) is 13.5. The number of benzene rings is 2. The van der Waals surface area contributed by atoms with E-state index in [1.165, 1.54) is 6.07 Å². The average molecular weight is 377 g/mol. The molecule has 4 nitrogen and oxygen atoms in total. The molecule has 3 aromatic rings. The van der Waals surface area contributed by atoms with Crippen molar-refractivity contribution in [2.75, 3.05) is 18.0 Å². The van der Waals surface area contributed by atoms with Crippen LogP contribution in [0.25, 0.3) is 10.9 Å². The fourth-order valence-corrected chi connectivity index (χ4v) is 4.74. The molecule has 2 aromatic carbocycles. The zero-order valence-electron chi connectivity index (χ0n) is 16.2. The third-order valence-electron chi connectivity index (χ3n) is 6.10. The molecule has 144 valence electrons. The largest absolute Gasteiger partial charge is 0.356 e. The zero-order chi connectivity index (χ0) is 19.5. The normalized spacial score (nSPS) is 21.0. The number of amides is 1. The van der Waals surface area contributed by atoms with Crippen LogP contribution in [-0.2, 0) is 16.8 Å². The number of nitrogens with zero attached hydrogens (tertiary/aromatic N) is 1. The first kappa shape index (κ1) is 17.4. The fourth-order valence-electron chi connectivity index (χ4n) is 4.74. The number of carbonyl (C=O) groups excluding carboxylic acids is 1. The maximum atomic E-state index is 13.9. The van der Waals surface area contributed by atoms with Gasteiger partial charge in [-0.05, 0) is 48.6 Å². The molecule has 1 aromatic heterocycles. The monoisotopic (exact) mass is 377 g/mol. The highest BCUT2D eigenvalue weighted by molar-refractivity contribution is 6.11. The van der Waals surface area contributed by atoms with Crippen LogP contribution in [0.3, 0.4) is 0 Å². The molecule has 0 fully saturated rings. The molecule has 0 saturated carbocycles. The first-order valence-electron chi connectivity index (χ1n) is 9.99. The Morgan fingerprint density at radius 3 is 2.86 bits per heavy atom. The highest BCUT2D eigenvalue weighted by Gasteiger charge is 2.55. The molecule has 0 unspecified atom stereocenters. The molecule has 0 saturated heterocycles. The summed E-state index contributed by atoms with van der Waals surface area (Å²) in [5, 5.41) is 4.41. The highest BCUT2D eigenvalue weighted by Crippen LogP contribution is 2.47. The second-order valence-corrected chi connectivity index (χ2v) is 8.25. The van der Waals surface area contributed by atoms with Crippen LogP contribution in [0.15, 0.2) is 42.5 Å². The molecule has 0 radical (unpaired) electrons. The maximum absolute atomic E-state index is 13.9. The van der Waals surface area contributed by atoms with Crippen molar-refractivity contribution < 1.29 is 9.18 Å². The summed E-state index contributed by atoms with van der Waals surface area (Å²) >= 11 is 0. The van der Waals surface area contributed by atoms with Gasteiger partial charge in [0.15, 0.2) is 5.54 Å². The molecule has 2 N–H and O–H groups in total. The minimum Gasteiger partial charge on any atom is -0.356 e. The van der Waals surface area contributed by atoms with Crippen molar-refractivity contribution in [1.82, 2.24) is 10.3 Å². The van der Waals surface area contributed by atoms with Crippen LogP contribution in [0.4, 0.5) is 10.1 Å². The van der Waals surface area contributed by atoms with Crippen molar-refractivity contribution in [2.45, 2.75) is 32.2 Å². The summed E-state index contributed by atoms with van der Waals surface area (Å²) in [5.74, 6) is 0.323. The van der Waals surface area contributed by atoms with Crippen molar-refractivity contribution in [2.24, 2.45) is 5.92 Å². The number of H-pyrrole nitrogens is 1. The lowest BCUT2D eigenvalue weighted by atomic mass is 9.82. The fraction of sp³-hybridized carbons (Fsp3) is 0.348. The Bertz CT molecular complexity index is 1090. The molecule has 1 atom stereocenters. The first-order valence-corrected chi connectivity index (χ1v) is 9.99. The van der Waals surface area contributed by atoms with Gasteiger partial charge in [0.2, 0.25) is 0 Å². The van der Waals surface area contributed by atoms with Crippen LogP contribution in [0.1, 0.15) is 37.1 Å². The average Bonchev–Trinajstić information content (AvgIpc) is 3.16. The molecule has 5 heteroatoms. The number of carbonyl (C=O) groups is 1. The van der Waals surface area contributed by atoms with Crippen LogP contribution >= 0.6 is 0 Å². The van der Waals surface area contributed by atoms with Crippen molar-refractivity contribution in [3.63, 3.8) is 0 Å². The predicted octanol–water partition coefficient (Wildman–Crippen LogP) is 4.09. The SMILES string of the molecule is CC(C)CCN1C(=O)[C@]2(NCCc3c2[nH]c2ccc(F)cc32)c2ccccc21. The quantitative estimate of drug-likeness (QED) is 0.722. The molecule has 1 spiro atoms. The summed E-state index contributed by atoms with van der Waals surface area (Å²) in [5.41, 5.74) is 3.82. The van der Waals surface area contributed by atoms with E-state index in [0.29, 0.717) is 19.0 Å². The summed E-state index contributed by atoms with van der Waals surface area (Å²) in [6.07, 6.45) is 1.71. The molecule has 5 rings (SSSR count). The summed E-state index contributed by atoms with van der Waals surface area (Å²) in [6, 6.07) is 12.8. The summed E-state index contributed by atoms with van der Waals surface area (Å²) in [6.45, 7) is 5.71. The summed E-state index contributed by atoms with van der Waals surface area (Å²) in [4.78, 5) is 19.2. The van der Waals surface area contributed by atoms with E-state index in [1.807, 2.05) is 29.2 Å². The maximum Gasteiger partial charge on any atom is 0.258 e. The van der Waals surface area contributed by atoms with Gasteiger partial charge in [-0.3, -0.25) is 10.1 Å². The molecular weight excluding hydrogens is 353 g/mol. The minimum atomic E-state index is -0.920. The molecular formula is C23H24FN3O. The number of halogens is 1. The van der Waals surface area contributed by atoms with E-state index in [1.54, 1.807) is 12.1 Å². The number of para-hydroxylation sites is 1. The number of hydrogen-bond donors (Lipinski definition) is 2. The lowest BCUT2D eigenvalue weighted by Gasteiger charge is -2.34. The minimum absolute atomic E-state index is 0.0577. The lowest BCUT2D eigenvalue weighted by molar-refractivity contribution is -0.123. The van der Waals surface area contributed by atoms with E-state index < -0.39 is 5.54 Å². The van der Waals surface area contributed by atoms with Crippen molar-refractivity contribution in [1.29, 1.82) is 0 Å². The Labute approximate surface area is 163 Å². The van der Waals surface area contributed by atoms with E-state index in [4.69, 9.17) is 0 Å². The van der Waals surface area contributed by atoms with Crippen LogP contribution < -0.4 is 10.2 Å². The van der Waals surface area contributed by atoms with Crippen molar-refractivity contribution in [3.05, 3.63) is 65.1 Å². The molecule has 2 aliphatic heterocycles. The van der Waals surface area contributed by atoms with Gasteiger partial charge >= 0.3 is 0 Å². The van der Waals surface area contributed by atoms with Gasteiger partial charge in [-0.15, -0.1) is 0 Å². The van der Waals surface area contributed by atoms with Crippen LogP contribution in [0, 0.1) is 11.7 Å². The van der Waals surface area contributed by atoms with Gasteiger partial charge in [0.1, 0.15) is 5.82 Å². The molecule has 28 heavy (non-hydrogen) atoms. The Morgan fingerprint density at radius 1 is 1.21 bits per heavy atom. The van der Waals surface area contributed by atoms with E-state index in [0.717, 1.165) is 46.3 Å². The van der Waals surface area contributed by atoms with Gasteiger partial charge in [-0.25, -0.2) is 4.39 Å². The van der Waals surface area contributed by atoms with Gasteiger partial charge in [0.05, 0.1) is 5.69 Å². The molecule has 0 bridgehead atoms. The van der Waals surface area contributed by atoms with E-state index in [-0.39, 0.29) is 11.7 Å². The number of hydrogen-bond acceptors (Lipinski definition) is 2. The van der Waals surface area contributed by atoms with Gasteiger partial charge in [-0.2, -0.15) is 0 Å². The van der Waals surface area contributed by atoms with Crippen LogP contribution in [0.5, 0.6) is 0 Å². The standard InChI is InChI=1S/C23H24FN3O/c1-14(2)10-12-27-20-6-4-3-5-18(20)23(22(27)28)21-16(9-11-25-23)17-13-15(24)7-8-19(17)26-21/h3-8,13-14,25-26H,9-12H2,1-2H3/t23-/m0/s1. The van der Waals surface area contributed by atoms with Crippen LogP contribution in [0.2, 0.25) is 0 Å². The molecule has 3 heterocycles. The number of rotatable bonds is 3. The number of nitrogens with one attached hydrogen (secondary N) is 2. The number of aromatic amines is 1. The topological polar surface area (TPSA) is 48.1 Å². The van der Waals surface area contributed by atoms with Gasteiger partial charge in [-0.1, -0.05) is 32.0 Å². The highest BCUT2D eigenvalue weighted by atomic mass is 19.1. The van der Waals surface area contributed by atoms with Gasteiger partial charge in [0, 0.05) is 35.2 Å². The predicted molar refractivity (Wildman–Crippen MR) is 109 cm³/mol. The third kappa shape index (κ3) is 2.29. The van der Waals surface area contributed by atoms with E-state index in [2.05, 4.69) is 24.1 Å². The Morgan fingerprint density at radius 2 is 2.04 bits per heavy atom. The van der Waals surface area contributed by atoms with Gasteiger partial charge in [0.25, 0.3) is 5.91 Å². The number of anilines is 1. The van der Waals surface area contributed by atoms with Gasteiger partial charge < -0.3 is 9.88 Å². The smallest absolute Gasteiger partial charge is 0.258 e. The summed E-state index contributed by atoms with van der Waals surface area (Å²) in [7, 11) is 0. The second-order valence-electron chi connectivity index (χ2n) is 8.25. The lowest BCUT2D eigenvalue weighted by Crippen LogP contribution is -2.55. The Kier molecular flexibility index (Phi) is 3.85. The Balaban J connectivity index is 1.73. The second kappa shape index (κ2) is 6.17. The summed E-state index contributed by atoms with van der Waals surface area (Å²) < 4.78 is 13.9. The molecule has 1 amide bonds. The zero-order valence-corrected chi connectivity index (χ0v) is 16.2. The van der Waals surface area contributed by atoms with E-state index >= 15 is 0 Å². The molecule has 2 aliphatic rings.